The highest BCUT2D eigenvalue weighted by Crippen LogP contribution is 2.46. The van der Waals surface area contributed by atoms with Crippen LogP contribution < -0.4 is 15.3 Å². The minimum atomic E-state index is -3.94. The zero-order chi connectivity index (χ0) is 25.9. The first-order chi connectivity index (χ1) is 17.0. The second kappa shape index (κ2) is 10.4. The van der Waals surface area contributed by atoms with Gasteiger partial charge in [-0.15, -0.1) is 0 Å². The third kappa shape index (κ3) is 6.29. The summed E-state index contributed by atoms with van der Waals surface area (Å²) >= 11 is 0. The molecule has 3 N–H and O–H groups in total. The van der Waals surface area contributed by atoms with E-state index < -0.39 is 25.4 Å². The van der Waals surface area contributed by atoms with E-state index in [2.05, 4.69) is 20.0 Å². The van der Waals surface area contributed by atoms with Crippen LogP contribution in [-0.2, 0) is 18.6 Å². The number of imidazole rings is 1. The Kier molecular flexibility index (Phi) is 7.44. The number of ether oxygens (including phenoxy) is 1. The number of carbonyl (C=O) groups excluding carboxylic acids is 1. The lowest BCUT2D eigenvalue weighted by Gasteiger charge is -2.26. The summed E-state index contributed by atoms with van der Waals surface area (Å²) in [6.45, 7) is 6.96. The molecule has 4 atom stereocenters. The normalized spacial score (nSPS) is 20.2. The Morgan fingerprint density at radius 3 is 2.69 bits per heavy atom. The van der Waals surface area contributed by atoms with E-state index in [1.165, 1.54) is 6.33 Å². The molecule has 1 aliphatic rings. The van der Waals surface area contributed by atoms with Crippen molar-refractivity contribution >= 4 is 30.7 Å². The van der Waals surface area contributed by atoms with Crippen LogP contribution in [0.2, 0.25) is 0 Å². The van der Waals surface area contributed by atoms with E-state index >= 15 is 0 Å². The lowest BCUT2D eigenvalue weighted by molar-refractivity contribution is -0.156. The molecule has 0 radical (unpaired) electrons. The van der Waals surface area contributed by atoms with Gasteiger partial charge in [-0.05, 0) is 46.2 Å². The largest absolute Gasteiger partial charge is 0.459 e. The molecular formula is C24H31N6O5P. The predicted octanol–water partition coefficient (Wildman–Crippen LogP) is 4.05. The molecule has 0 amide bonds. The number of carbonyl (C=O) groups is 1. The Labute approximate surface area is 209 Å². The van der Waals surface area contributed by atoms with E-state index in [1.807, 2.05) is 22.8 Å². The van der Waals surface area contributed by atoms with Crippen molar-refractivity contribution in [3.8, 4) is 5.75 Å². The molecule has 12 heteroatoms. The minimum Gasteiger partial charge on any atom is -0.459 e. The van der Waals surface area contributed by atoms with Gasteiger partial charge in [0.05, 0.1) is 19.0 Å². The highest BCUT2D eigenvalue weighted by molar-refractivity contribution is 7.52. The molecule has 1 unspecified atom stereocenters. The molecule has 11 nitrogen and oxygen atoms in total. The lowest BCUT2D eigenvalue weighted by Crippen LogP contribution is -2.39. The van der Waals surface area contributed by atoms with Crippen LogP contribution in [0.4, 0.5) is 5.82 Å². The van der Waals surface area contributed by atoms with E-state index in [9.17, 15) is 9.36 Å². The van der Waals surface area contributed by atoms with E-state index in [4.69, 9.17) is 19.5 Å². The molecule has 2 aromatic heterocycles. The van der Waals surface area contributed by atoms with Crippen LogP contribution in [0.25, 0.3) is 11.2 Å². The third-order valence-corrected chi connectivity index (χ3v) is 7.08. The standard InChI is InChI=1S/C24H31N6O5P/c1-16(23(31)34-24(2,3)4)29-36(32,35-19-8-6-5-7-9-19)33-13-17-10-11-18(12-17)30-15-28-20-21(25)26-14-27-22(20)30/h5-11,14-18H,12-13H2,1-4H3,(H,29,32)(H2,25,26,27)/t16-,17-,18+,36?/m0/s1. The first kappa shape index (κ1) is 25.8. The van der Waals surface area contributed by atoms with Crippen LogP contribution in [0.3, 0.4) is 0 Å². The fourth-order valence-electron chi connectivity index (χ4n) is 3.78. The second-order valence-corrected chi connectivity index (χ2v) is 11.3. The molecule has 0 spiro atoms. The second-order valence-electron chi connectivity index (χ2n) is 9.61. The van der Waals surface area contributed by atoms with Crippen LogP contribution in [0.1, 0.15) is 40.2 Å². The Morgan fingerprint density at radius 2 is 1.97 bits per heavy atom. The van der Waals surface area contributed by atoms with Crippen molar-refractivity contribution < 1.29 is 23.1 Å². The number of hydrogen-bond donors (Lipinski definition) is 2. The van der Waals surface area contributed by atoms with Gasteiger partial charge < -0.3 is 19.6 Å². The van der Waals surface area contributed by atoms with Gasteiger partial charge in [0.25, 0.3) is 0 Å². The Hall–Kier alpha value is -3.27. The first-order valence-electron chi connectivity index (χ1n) is 11.6. The van der Waals surface area contributed by atoms with Gasteiger partial charge >= 0.3 is 13.7 Å². The number of nitrogens with zero attached hydrogens (tertiary/aromatic N) is 4. The molecular weight excluding hydrogens is 483 g/mol. The van der Waals surface area contributed by atoms with Gasteiger partial charge in [0.1, 0.15) is 29.2 Å². The molecule has 2 heterocycles. The SMILES string of the molecule is C[C@H](NP(=O)(OC[C@H]1C=C[C@@H](n2cnc3c(N)ncnc32)C1)Oc1ccccc1)C(=O)OC(C)(C)C. The summed E-state index contributed by atoms with van der Waals surface area (Å²) in [4.78, 5) is 25.1. The lowest BCUT2D eigenvalue weighted by atomic mass is 10.1. The number of benzene rings is 1. The number of rotatable bonds is 9. The molecule has 3 aromatic rings. The number of esters is 1. The van der Waals surface area contributed by atoms with Gasteiger partial charge in [-0.2, -0.15) is 5.09 Å². The topological polar surface area (TPSA) is 143 Å². The van der Waals surface area contributed by atoms with Crippen LogP contribution >= 0.6 is 7.75 Å². The van der Waals surface area contributed by atoms with E-state index in [0.29, 0.717) is 29.2 Å². The maximum absolute atomic E-state index is 13.7. The zero-order valence-electron chi connectivity index (χ0n) is 20.7. The summed E-state index contributed by atoms with van der Waals surface area (Å²) in [5.74, 6) is 0.0616. The number of nitrogens with one attached hydrogen (secondary N) is 1. The molecule has 0 aliphatic heterocycles. The number of allylic oxidation sites excluding steroid dienone is 1. The number of nitrogen functional groups attached to an aromatic ring is 1. The summed E-state index contributed by atoms with van der Waals surface area (Å²) in [6, 6.07) is 7.71. The quantitative estimate of drug-likeness (QED) is 0.244. The van der Waals surface area contributed by atoms with Crippen molar-refractivity contribution in [3.05, 3.63) is 55.1 Å². The van der Waals surface area contributed by atoms with Gasteiger partial charge in [0.2, 0.25) is 0 Å². The van der Waals surface area contributed by atoms with Crippen LogP contribution in [0, 0.1) is 5.92 Å². The minimum absolute atomic E-state index is 0.0269. The van der Waals surface area contributed by atoms with Crippen molar-refractivity contribution in [2.75, 3.05) is 12.3 Å². The van der Waals surface area contributed by atoms with Gasteiger partial charge in [-0.1, -0.05) is 30.4 Å². The summed E-state index contributed by atoms with van der Waals surface area (Å²) in [7, 11) is -3.94. The average Bonchev–Trinajstić information content (AvgIpc) is 3.45. The number of aromatic nitrogens is 4. The van der Waals surface area contributed by atoms with Crippen LogP contribution in [-0.4, -0.2) is 43.7 Å². The molecule has 1 aromatic carbocycles. The molecule has 4 rings (SSSR count). The van der Waals surface area contributed by atoms with Crippen molar-refractivity contribution in [1.82, 2.24) is 24.6 Å². The Bertz CT molecular complexity index is 1290. The third-order valence-electron chi connectivity index (χ3n) is 5.43. The van der Waals surface area contributed by atoms with E-state index in [0.717, 1.165) is 0 Å². The van der Waals surface area contributed by atoms with Crippen LogP contribution in [0.15, 0.2) is 55.1 Å². The maximum Gasteiger partial charge on any atom is 0.459 e. The van der Waals surface area contributed by atoms with Crippen molar-refractivity contribution in [1.29, 1.82) is 0 Å². The van der Waals surface area contributed by atoms with Crippen LogP contribution in [0.5, 0.6) is 5.75 Å². The number of para-hydroxylation sites is 1. The van der Waals surface area contributed by atoms with E-state index in [-0.39, 0.29) is 18.6 Å². The summed E-state index contributed by atoms with van der Waals surface area (Å²) in [5, 5.41) is 2.72. The molecule has 1 aliphatic carbocycles. The monoisotopic (exact) mass is 514 g/mol. The van der Waals surface area contributed by atoms with Crippen molar-refractivity contribution in [2.45, 2.75) is 51.8 Å². The number of nitrogens with two attached hydrogens (primary N) is 1. The fraction of sp³-hybridized carbons (Fsp3) is 0.417. The Morgan fingerprint density at radius 1 is 1.22 bits per heavy atom. The first-order valence-corrected chi connectivity index (χ1v) is 13.2. The predicted molar refractivity (Wildman–Crippen MR) is 135 cm³/mol. The van der Waals surface area contributed by atoms with Gasteiger partial charge in [0.15, 0.2) is 11.5 Å². The number of anilines is 1. The van der Waals surface area contributed by atoms with Gasteiger partial charge in [-0.3, -0.25) is 9.32 Å². The zero-order valence-corrected chi connectivity index (χ0v) is 21.6. The molecule has 0 saturated carbocycles. The number of fused-ring (bicyclic) bond motifs is 1. The molecule has 0 bridgehead atoms. The van der Waals surface area contributed by atoms with Crippen molar-refractivity contribution in [2.24, 2.45) is 5.92 Å². The van der Waals surface area contributed by atoms with Crippen molar-refractivity contribution in [3.63, 3.8) is 0 Å². The van der Waals surface area contributed by atoms with E-state index in [1.54, 1.807) is 58.3 Å². The fourth-order valence-corrected chi connectivity index (χ4v) is 5.33. The smallest absolute Gasteiger partial charge is 0.459 e. The van der Waals surface area contributed by atoms with Gasteiger partial charge in [-0.25, -0.2) is 19.5 Å². The average molecular weight is 515 g/mol. The number of hydrogen-bond acceptors (Lipinski definition) is 9. The highest BCUT2D eigenvalue weighted by atomic mass is 31.2. The Balaban J connectivity index is 1.44. The molecule has 0 saturated heterocycles. The molecule has 192 valence electrons. The molecule has 36 heavy (non-hydrogen) atoms. The maximum atomic E-state index is 13.7. The summed E-state index contributed by atoms with van der Waals surface area (Å²) in [5.41, 5.74) is 6.40. The summed E-state index contributed by atoms with van der Waals surface area (Å²) < 4.78 is 32.6. The van der Waals surface area contributed by atoms with Gasteiger partial charge in [0, 0.05) is 5.92 Å². The summed E-state index contributed by atoms with van der Waals surface area (Å²) in [6.07, 6.45) is 7.77. The highest BCUT2D eigenvalue weighted by Gasteiger charge is 2.35. The molecule has 0 fully saturated rings.